The van der Waals surface area contributed by atoms with Gasteiger partial charge in [0.1, 0.15) is 0 Å². The summed E-state index contributed by atoms with van der Waals surface area (Å²) < 4.78 is 12.5. The molecule has 2 heteroatoms. The number of ether oxygens (including phenoxy) is 2. The third-order valence-corrected chi connectivity index (χ3v) is 4.72. The highest BCUT2D eigenvalue weighted by molar-refractivity contribution is 5.13. The molecule has 3 fully saturated rings. The first-order chi connectivity index (χ1) is 6.85. The van der Waals surface area contributed by atoms with Crippen molar-refractivity contribution in [2.75, 3.05) is 0 Å². The van der Waals surface area contributed by atoms with Crippen LogP contribution in [0.25, 0.3) is 0 Å². The van der Waals surface area contributed by atoms with Crippen LogP contribution in [0.15, 0.2) is 0 Å². The lowest BCUT2D eigenvalue weighted by atomic mass is 9.81. The molecule has 0 saturated carbocycles. The first kappa shape index (κ1) is 10.1. The van der Waals surface area contributed by atoms with Crippen molar-refractivity contribution in [3.05, 3.63) is 0 Å². The maximum atomic E-state index is 6.31. The molecule has 0 radical (unpaired) electrons. The van der Waals surface area contributed by atoms with E-state index in [1.165, 1.54) is 19.3 Å². The molecule has 0 N–H and O–H groups in total. The first-order valence-corrected chi connectivity index (χ1v) is 6.23. The zero-order valence-corrected chi connectivity index (χ0v) is 10.3. The minimum Gasteiger partial charge on any atom is -0.369 e. The Balaban J connectivity index is 1.99. The van der Waals surface area contributed by atoms with Gasteiger partial charge in [-0.25, -0.2) is 0 Å². The Morgan fingerprint density at radius 2 is 1.67 bits per heavy atom. The fourth-order valence-electron chi connectivity index (χ4n) is 4.08. The molecule has 3 heterocycles. The van der Waals surface area contributed by atoms with Crippen molar-refractivity contribution in [2.45, 2.75) is 76.3 Å². The molecular weight excluding hydrogens is 188 g/mol. The van der Waals surface area contributed by atoms with Crippen LogP contribution in [0.5, 0.6) is 0 Å². The Morgan fingerprint density at radius 1 is 1.00 bits per heavy atom. The van der Waals surface area contributed by atoms with Gasteiger partial charge in [-0.05, 0) is 53.4 Å². The maximum Gasteiger partial charge on any atom is 0.0926 e. The van der Waals surface area contributed by atoms with Crippen LogP contribution in [0.2, 0.25) is 0 Å². The van der Waals surface area contributed by atoms with Crippen molar-refractivity contribution in [2.24, 2.45) is 5.92 Å². The summed E-state index contributed by atoms with van der Waals surface area (Å²) in [5.74, 6) is 0.611. The maximum absolute atomic E-state index is 6.31. The third-order valence-electron chi connectivity index (χ3n) is 4.72. The van der Waals surface area contributed by atoms with Crippen LogP contribution in [0.3, 0.4) is 0 Å². The van der Waals surface area contributed by atoms with E-state index in [2.05, 4.69) is 27.7 Å². The Kier molecular flexibility index (Phi) is 1.75. The normalized spacial score (nSPS) is 56.8. The minimum atomic E-state index is -0.00850. The summed E-state index contributed by atoms with van der Waals surface area (Å²) >= 11 is 0. The molecule has 0 aliphatic carbocycles. The number of fused-ring (bicyclic) bond motifs is 5. The number of hydrogen-bond acceptors (Lipinski definition) is 2. The largest absolute Gasteiger partial charge is 0.369 e. The van der Waals surface area contributed by atoms with E-state index in [1.54, 1.807) is 0 Å². The van der Waals surface area contributed by atoms with Crippen LogP contribution in [0.1, 0.15) is 53.4 Å². The lowest BCUT2D eigenvalue weighted by Gasteiger charge is -2.40. The van der Waals surface area contributed by atoms with Gasteiger partial charge in [0.25, 0.3) is 0 Å². The van der Waals surface area contributed by atoms with E-state index in [-0.39, 0.29) is 16.8 Å². The molecular formula is C13H22O2. The summed E-state index contributed by atoms with van der Waals surface area (Å²) in [6, 6.07) is 0. The molecule has 0 amide bonds. The highest BCUT2D eigenvalue weighted by Crippen LogP contribution is 2.58. The van der Waals surface area contributed by atoms with Crippen molar-refractivity contribution in [1.29, 1.82) is 0 Å². The standard InChI is InChI=1S/C13H22O2/c1-11(2)8-9-10(14-11)13(4)7-5-6-12(9,3)15-13/h9-10H,5-8H2,1-4H3/t9-,10+,12+,13-/m0/s1. The third kappa shape index (κ3) is 1.24. The van der Waals surface area contributed by atoms with Gasteiger partial charge in [-0.15, -0.1) is 0 Å². The number of rotatable bonds is 0. The fourth-order valence-corrected chi connectivity index (χ4v) is 4.08. The Hall–Kier alpha value is -0.0800. The van der Waals surface area contributed by atoms with Gasteiger partial charge in [0.05, 0.1) is 22.9 Å². The Bertz CT molecular complexity index is 273. The van der Waals surface area contributed by atoms with Crippen molar-refractivity contribution in [3.8, 4) is 0 Å². The summed E-state index contributed by atoms with van der Waals surface area (Å²) in [7, 11) is 0. The summed E-state index contributed by atoms with van der Waals surface area (Å²) in [4.78, 5) is 0. The topological polar surface area (TPSA) is 18.5 Å². The van der Waals surface area contributed by atoms with E-state index >= 15 is 0 Å². The van der Waals surface area contributed by atoms with Gasteiger partial charge in [-0.1, -0.05) is 0 Å². The molecule has 2 bridgehead atoms. The molecule has 0 aromatic rings. The van der Waals surface area contributed by atoms with Crippen molar-refractivity contribution in [3.63, 3.8) is 0 Å². The molecule has 0 aromatic carbocycles. The van der Waals surface area contributed by atoms with Crippen LogP contribution in [0, 0.1) is 5.92 Å². The van der Waals surface area contributed by atoms with Gasteiger partial charge >= 0.3 is 0 Å². The molecule has 3 aliphatic rings. The van der Waals surface area contributed by atoms with Gasteiger partial charge in [-0.3, -0.25) is 0 Å². The van der Waals surface area contributed by atoms with Crippen LogP contribution in [-0.2, 0) is 9.47 Å². The molecule has 3 rings (SSSR count). The predicted octanol–water partition coefficient (Wildman–Crippen LogP) is 2.90. The SMILES string of the molecule is CC1(C)C[C@H]2[C@@H](O1)[C@]1(C)CCC[C@@]2(C)O1. The van der Waals surface area contributed by atoms with E-state index in [0.29, 0.717) is 12.0 Å². The highest BCUT2D eigenvalue weighted by Gasteiger charge is 2.65. The molecule has 0 aromatic heterocycles. The zero-order valence-electron chi connectivity index (χ0n) is 10.3. The lowest BCUT2D eigenvalue weighted by molar-refractivity contribution is -0.174. The second-order valence-corrected chi connectivity index (χ2v) is 6.69. The van der Waals surface area contributed by atoms with E-state index in [1.807, 2.05) is 0 Å². The second-order valence-electron chi connectivity index (χ2n) is 6.69. The van der Waals surface area contributed by atoms with Crippen LogP contribution in [0.4, 0.5) is 0 Å². The van der Waals surface area contributed by atoms with Crippen molar-refractivity contribution >= 4 is 0 Å². The molecule has 4 atom stereocenters. The van der Waals surface area contributed by atoms with E-state index in [4.69, 9.17) is 9.47 Å². The average Bonchev–Trinajstić information content (AvgIpc) is 2.47. The summed E-state index contributed by atoms with van der Waals surface area (Å²) in [5, 5.41) is 0. The van der Waals surface area contributed by atoms with Crippen LogP contribution < -0.4 is 0 Å². The monoisotopic (exact) mass is 210 g/mol. The second kappa shape index (κ2) is 2.60. The molecule has 15 heavy (non-hydrogen) atoms. The Morgan fingerprint density at radius 3 is 2.40 bits per heavy atom. The average molecular weight is 210 g/mol. The minimum absolute atomic E-state index is 0.00850. The number of hydrogen-bond donors (Lipinski definition) is 0. The molecule has 0 unspecified atom stereocenters. The smallest absolute Gasteiger partial charge is 0.0926 e. The lowest BCUT2D eigenvalue weighted by Crippen LogP contribution is -2.43. The quantitative estimate of drug-likeness (QED) is 0.612. The molecule has 0 spiro atoms. The molecule has 3 saturated heterocycles. The molecule has 2 nitrogen and oxygen atoms in total. The first-order valence-electron chi connectivity index (χ1n) is 6.23. The summed E-state index contributed by atoms with van der Waals surface area (Å²) in [6.07, 6.45) is 5.16. The zero-order chi connectivity index (χ0) is 10.9. The van der Waals surface area contributed by atoms with Crippen molar-refractivity contribution in [1.82, 2.24) is 0 Å². The summed E-state index contributed by atoms with van der Waals surface area (Å²) in [6.45, 7) is 8.97. The molecule has 86 valence electrons. The van der Waals surface area contributed by atoms with Crippen LogP contribution >= 0.6 is 0 Å². The van der Waals surface area contributed by atoms with Gasteiger partial charge in [0.2, 0.25) is 0 Å². The van der Waals surface area contributed by atoms with Gasteiger partial charge in [0.15, 0.2) is 0 Å². The van der Waals surface area contributed by atoms with Crippen molar-refractivity contribution < 1.29 is 9.47 Å². The van der Waals surface area contributed by atoms with Gasteiger partial charge in [-0.2, -0.15) is 0 Å². The fraction of sp³-hybridized carbons (Fsp3) is 1.00. The molecule has 3 aliphatic heterocycles. The van der Waals surface area contributed by atoms with Gasteiger partial charge in [0, 0.05) is 5.92 Å². The van der Waals surface area contributed by atoms with Gasteiger partial charge < -0.3 is 9.47 Å². The van der Waals surface area contributed by atoms with E-state index in [9.17, 15) is 0 Å². The summed E-state index contributed by atoms with van der Waals surface area (Å²) in [5.41, 5.74) is 0.135. The van der Waals surface area contributed by atoms with Crippen LogP contribution in [-0.4, -0.2) is 22.9 Å². The predicted molar refractivity (Wildman–Crippen MR) is 58.8 cm³/mol. The highest BCUT2D eigenvalue weighted by atomic mass is 16.6. The van der Waals surface area contributed by atoms with E-state index < -0.39 is 0 Å². The Labute approximate surface area is 92.3 Å². The van der Waals surface area contributed by atoms with E-state index in [0.717, 1.165) is 6.42 Å².